The Kier molecular flexibility index (Phi) is 5.53. The third-order valence-electron chi connectivity index (χ3n) is 4.87. The monoisotopic (exact) mass is 409 g/mol. The van der Waals surface area contributed by atoms with Gasteiger partial charge < -0.3 is 14.6 Å². The minimum Gasteiger partial charge on any atom is -0.495 e. The smallest absolute Gasteiger partial charge is 0.274 e. The number of benzene rings is 1. The molecular weight excluding hydrogens is 386 g/mol. The predicted molar refractivity (Wildman–Crippen MR) is 112 cm³/mol. The van der Waals surface area contributed by atoms with Crippen molar-refractivity contribution in [2.24, 2.45) is 7.05 Å². The second kappa shape index (κ2) is 8.24. The molecular formula is C21H23N5O2S. The molecule has 150 valence electrons. The summed E-state index contributed by atoms with van der Waals surface area (Å²) in [5, 5.41) is 12.0. The molecule has 1 amide bonds. The van der Waals surface area contributed by atoms with Gasteiger partial charge in [0.05, 0.1) is 12.8 Å². The van der Waals surface area contributed by atoms with Crippen molar-refractivity contribution < 1.29 is 9.53 Å². The quantitative estimate of drug-likeness (QED) is 0.589. The summed E-state index contributed by atoms with van der Waals surface area (Å²) < 4.78 is 7.27. The summed E-state index contributed by atoms with van der Waals surface area (Å²) in [7, 11) is 3.55. The number of aryl methyl sites for hydroxylation is 1. The average Bonchev–Trinajstić information content (AvgIpc) is 3.51. The molecule has 1 atom stereocenters. The second-order valence-corrected chi connectivity index (χ2v) is 8.43. The number of thioether (sulfide) groups is 1. The van der Waals surface area contributed by atoms with Gasteiger partial charge in [0.15, 0.2) is 5.16 Å². The molecule has 1 aromatic carbocycles. The summed E-state index contributed by atoms with van der Waals surface area (Å²) in [4.78, 5) is 17.3. The first-order chi connectivity index (χ1) is 14.0. The molecule has 1 aliphatic rings. The highest BCUT2D eigenvalue weighted by Crippen LogP contribution is 2.43. The fraction of sp³-hybridized carbons (Fsp3) is 0.333. The Morgan fingerprint density at radius 2 is 2.14 bits per heavy atom. The summed E-state index contributed by atoms with van der Waals surface area (Å²) in [6.45, 7) is 2.10. The Hall–Kier alpha value is -2.87. The normalized spacial score (nSPS) is 14.4. The molecule has 0 bridgehead atoms. The first-order valence-electron chi connectivity index (χ1n) is 9.52. The SMILES string of the molecule is COc1ccc(C(=O)Nc2cccc([C@H](C)Sc3nncn3C)c2)nc1C1CC1. The molecule has 29 heavy (non-hydrogen) atoms. The van der Waals surface area contributed by atoms with Crippen molar-refractivity contribution in [2.75, 3.05) is 12.4 Å². The van der Waals surface area contributed by atoms with Crippen molar-refractivity contribution in [3.63, 3.8) is 0 Å². The first kappa shape index (κ1) is 19.4. The van der Waals surface area contributed by atoms with Crippen LogP contribution in [0.4, 0.5) is 5.69 Å². The van der Waals surface area contributed by atoms with Gasteiger partial charge >= 0.3 is 0 Å². The van der Waals surface area contributed by atoms with Crippen LogP contribution in [0, 0.1) is 0 Å². The molecule has 0 radical (unpaired) electrons. The molecule has 1 N–H and O–H groups in total. The number of hydrogen-bond acceptors (Lipinski definition) is 6. The molecule has 8 heteroatoms. The molecule has 0 unspecified atom stereocenters. The maximum Gasteiger partial charge on any atom is 0.274 e. The van der Waals surface area contributed by atoms with Crippen LogP contribution < -0.4 is 10.1 Å². The van der Waals surface area contributed by atoms with Crippen LogP contribution in [0.15, 0.2) is 47.9 Å². The van der Waals surface area contributed by atoms with Crippen LogP contribution in [-0.4, -0.2) is 32.8 Å². The van der Waals surface area contributed by atoms with Crippen LogP contribution in [-0.2, 0) is 7.05 Å². The molecule has 1 aliphatic carbocycles. The van der Waals surface area contributed by atoms with Crippen LogP contribution in [0.5, 0.6) is 5.75 Å². The van der Waals surface area contributed by atoms with Crippen molar-refractivity contribution in [2.45, 2.75) is 36.1 Å². The number of carbonyl (C=O) groups is 1. The van der Waals surface area contributed by atoms with E-state index in [2.05, 4.69) is 27.4 Å². The number of amides is 1. The standard InChI is InChI=1S/C21H23N5O2S/c1-13(29-21-25-22-12-26(21)2)15-5-4-6-16(11-15)23-20(27)17-9-10-18(28-3)19(24-17)14-7-8-14/h4-6,9-14H,7-8H2,1-3H3,(H,23,27)/t13-/m0/s1. The van der Waals surface area contributed by atoms with Gasteiger partial charge in [0, 0.05) is 23.9 Å². The van der Waals surface area contributed by atoms with Crippen molar-refractivity contribution in [3.8, 4) is 5.75 Å². The number of hydrogen-bond donors (Lipinski definition) is 1. The van der Waals surface area contributed by atoms with Crippen LogP contribution in [0.3, 0.4) is 0 Å². The first-order valence-corrected chi connectivity index (χ1v) is 10.4. The zero-order valence-electron chi connectivity index (χ0n) is 16.6. The highest BCUT2D eigenvalue weighted by atomic mass is 32.2. The summed E-state index contributed by atoms with van der Waals surface area (Å²) in [5.74, 6) is 0.931. The van der Waals surface area contributed by atoms with Crippen LogP contribution >= 0.6 is 11.8 Å². The highest BCUT2D eigenvalue weighted by Gasteiger charge is 2.29. The van der Waals surface area contributed by atoms with Gasteiger partial charge in [-0.05, 0) is 49.6 Å². The van der Waals surface area contributed by atoms with E-state index in [1.54, 1.807) is 31.3 Å². The minimum atomic E-state index is -0.222. The van der Waals surface area contributed by atoms with Gasteiger partial charge in [0.2, 0.25) is 0 Å². The topological polar surface area (TPSA) is 81.9 Å². The molecule has 1 fully saturated rings. The Balaban J connectivity index is 1.48. The number of ether oxygens (including phenoxy) is 1. The Bertz CT molecular complexity index is 1030. The van der Waals surface area contributed by atoms with Gasteiger partial charge in [0.25, 0.3) is 5.91 Å². The molecule has 0 spiro atoms. The minimum absolute atomic E-state index is 0.162. The van der Waals surface area contributed by atoms with Gasteiger partial charge in [-0.25, -0.2) is 4.98 Å². The van der Waals surface area contributed by atoms with Gasteiger partial charge in [-0.1, -0.05) is 23.9 Å². The van der Waals surface area contributed by atoms with E-state index in [4.69, 9.17) is 4.74 Å². The molecule has 4 rings (SSSR count). The fourth-order valence-electron chi connectivity index (χ4n) is 3.08. The van der Waals surface area contributed by atoms with Crippen LogP contribution in [0.1, 0.15) is 52.7 Å². The maximum atomic E-state index is 12.7. The lowest BCUT2D eigenvalue weighted by Crippen LogP contribution is -2.15. The van der Waals surface area contributed by atoms with E-state index in [-0.39, 0.29) is 11.2 Å². The van der Waals surface area contributed by atoms with Crippen molar-refractivity contribution in [1.82, 2.24) is 19.7 Å². The Morgan fingerprint density at radius 3 is 2.83 bits per heavy atom. The zero-order valence-corrected chi connectivity index (χ0v) is 17.4. The highest BCUT2D eigenvalue weighted by molar-refractivity contribution is 7.99. The average molecular weight is 410 g/mol. The number of nitrogens with zero attached hydrogens (tertiary/aromatic N) is 4. The van der Waals surface area contributed by atoms with Gasteiger partial charge in [-0.2, -0.15) is 0 Å². The number of rotatable bonds is 7. The van der Waals surface area contributed by atoms with Gasteiger partial charge in [0.1, 0.15) is 17.8 Å². The van der Waals surface area contributed by atoms with E-state index < -0.39 is 0 Å². The second-order valence-electron chi connectivity index (χ2n) is 7.12. The number of pyridine rings is 1. The lowest BCUT2D eigenvalue weighted by molar-refractivity contribution is 0.102. The third kappa shape index (κ3) is 4.42. The Labute approximate surface area is 173 Å². The largest absolute Gasteiger partial charge is 0.495 e. The lowest BCUT2D eigenvalue weighted by atomic mass is 10.1. The van der Waals surface area contributed by atoms with Crippen molar-refractivity contribution in [1.29, 1.82) is 0 Å². The molecule has 2 aromatic heterocycles. The van der Waals surface area contributed by atoms with Crippen molar-refractivity contribution in [3.05, 3.63) is 59.7 Å². The Morgan fingerprint density at radius 1 is 1.31 bits per heavy atom. The molecule has 0 aliphatic heterocycles. The molecule has 1 saturated carbocycles. The lowest BCUT2D eigenvalue weighted by Gasteiger charge is -2.13. The molecule has 0 saturated heterocycles. The van der Waals surface area contributed by atoms with E-state index in [1.807, 2.05) is 41.9 Å². The molecule has 3 aromatic rings. The molecule has 7 nitrogen and oxygen atoms in total. The summed E-state index contributed by atoms with van der Waals surface area (Å²) in [6.07, 6.45) is 3.87. The number of nitrogens with one attached hydrogen (secondary N) is 1. The number of carbonyl (C=O) groups excluding carboxylic acids is 1. The number of methoxy groups -OCH3 is 1. The fourth-order valence-corrected chi connectivity index (χ4v) is 3.99. The molecule has 2 heterocycles. The summed E-state index contributed by atoms with van der Waals surface area (Å²) in [5.41, 5.74) is 3.11. The summed E-state index contributed by atoms with van der Waals surface area (Å²) in [6, 6.07) is 11.4. The van der Waals surface area contributed by atoms with Crippen molar-refractivity contribution >= 4 is 23.4 Å². The maximum absolute atomic E-state index is 12.7. The van der Waals surface area contributed by atoms with E-state index in [0.717, 1.165) is 40.7 Å². The van der Waals surface area contributed by atoms with Crippen LogP contribution in [0.25, 0.3) is 0 Å². The van der Waals surface area contributed by atoms with Gasteiger partial charge in [-0.15, -0.1) is 10.2 Å². The number of aromatic nitrogens is 4. The third-order valence-corrected chi connectivity index (χ3v) is 6.07. The number of anilines is 1. The van der Waals surface area contributed by atoms with E-state index in [9.17, 15) is 4.79 Å². The van der Waals surface area contributed by atoms with E-state index in [0.29, 0.717) is 11.6 Å². The van der Waals surface area contributed by atoms with Crippen LogP contribution in [0.2, 0.25) is 0 Å². The predicted octanol–water partition coefficient (Wildman–Crippen LogP) is 4.20. The van der Waals surface area contributed by atoms with E-state index in [1.165, 1.54) is 0 Å². The summed E-state index contributed by atoms with van der Waals surface area (Å²) >= 11 is 1.62. The van der Waals surface area contributed by atoms with E-state index >= 15 is 0 Å². The zero-order chi connectivity index (χ0) is 20.4. The van der Waals surface area contributed by atoms with Gasteiger partial charge in [-0.3, -0.25) is 4.79 Å².